The van der Waals surface area contributed by atoms with Crippen molar-refractivity contribution in [3.63, 3.8) is 0 Å². The van der Waals surface area contributed by atoms with Gasteiger partial charge >= 0.3 is 5.97 Å². The Morgan fingerprint density at radius 2 is 1.41 bits per heavy atom. The number of benzene rings is 3. The maximum atomic E-state index is 14.2. The molecule has 0 radical (unpaired) electrons. The van der Waals surface area contributed by atoms with Crippen LogP contribution in [-0.4, -0.2) is 12.6 Å². The van der Waals surface area contributed by atoms with Gasteiger partial charge in [-0.25, -0.2) is 0 Å². The third-order valence-corrected chi connectivity index (χ3v) is 7.40. The zero-order chi connectivity index (χ0) is 20.7. The SMILES string of the molecule is CCOC(=O)C[C@@H](OP(=O)(c1ccccc1)c1ccccc1)c1ccc(Br)cc1. The van der Waals surface area contributed by atoms with Gasteiger partial charge in [-0.1, -0.05) is 64.5 Å². The van der Waals surface area contributed by atoms with Crippen LogP contribution < -0.4 is 10.6 Å². The van der Waals surface area contributed by atoms with Gasteiger partial charge in [-0.15, -0.1) is 0 Å². The lowest BCUT2D eigenvalue weighted by atomic mass is 10.1. The molecule has 0 N–H and O–H groups in total. The molecule has 0 fully saturated rings. The molecule has 4 nitrogen and oxygen atoms in total. The average molecular weight is 473 g/mol. The molecule has 0 heterocycles. The van der Waals surface area contributed by atoms with Gasteiger partial charge in [0.15, 0.2) is 0 Å². The van der Waals surface area contributed by atoms with Crippen LogP contribution in [-0.2, 0) is 18.6 Å². The highest BCUT2D eigenvalue weighted by atomic mass is 79.9. The summed E-state index contributed by atoms with van der Waals surface area (Å²) >= 11 is 3.42. The summed E-state index contributed by atoms with van der Waals surface area (Å²) in [5, 5.41) is 1.16. The Labute approximate surface area is 179 Å². The lowest BCUT2D eigenvalue weighted by Crippen LogP contribution is -2.21. The zero-order valence-corrected chi connectivity index (χ0v) is 18.5. The monoisotopic (exact) mass is 472 g/mol. The topological polar surface area (TPSA) is 52.6 Å². The standard InChI is InChI=1S/C23H22BrO4P/c1-2-27-23(25)17-22(18-13-15-19(24)16-14-18)28-29(26,20-9-5-3-6-10-20)21-11-7-4-8-12-21/h3-16,22H,2,17H2,1H3/t22-/m1/s1. The number of hydrogen-bond donors (Lipinski definition) is 0. The van der Waals surface area contributed by atoms with E-state index in [1.807, 2.05) is 60.7 Å². The molecule has 1 atom stereocenters. The Kier molecular flexibility index (Phi) is 7.43. The normalized spacial score (nSPS) is 12.3. The minimum absolute atomic E-state index is 0.0286. The van der Waals surface area contributed by atoms with Gasteiger partial charge in [0.1, 0.15) is 6.10 Å². The van der Waals surface area contributed by atoms with E-state index in [1.54, 1.807) is 31.2 Å². The fourth-order valence-electron chi connectivity index (χ4n) is 2.96. The van der Waals surface area contributed by atoms with E-state index in [0.717, 1.165) is 10.0 Å². The fourth-order valence-corrected chi connectivity index (χ4v) is 5.45. The Bertz CT molecular complexity index is 931. The van der Waals surface area contributed by atoms with Gasteiger partial charge in [-0.3, -0.25) is 9.36 Å². The molecule has 6 heteroatoms. The highest BCUT2D eigenvalue weighted by molar-refractivity contribution is 9.10. The van der Waals surface area contributed by atoms with Crippen molar-refractivity contribution in [2.24, 2.45) is 0 Å². The fraction of sp³-hybridized carbons (Fsp3) is 0.174. The summed E-state index contributed by atoms with van der Waals surface area (Å²) in [7, 11) is -3.45. The molecule has 0 saturated heterocycles. The second-order valence-corrected chi connectivity index (χ2v) is 9.64. The quantitative estimate of drug-likeness (QED) is 0.325. The van der Waals surface area contributed by atoms with Crippen molar-refractivity contribution in [2.45, 2.75) is 19.4 Å². The van der Waals surface area contributed by atoms with Crippen LogP contribution in [0.1, 0.15) is 25.0 Å². The third kappa shape index (κ3) is 5.45. The minimum atomic E-state index is -3.45. The molecule has 3 aromatic rings. The summed E-state index contributed by atoms with van der Waals surface area (Å²) in [5.41, 5.74) is 0.758. The van der Waals surface area contributed by atoms with Crippen molar-refractivity contribution in [3.8, 4) is 0 Å². The molecule has 0 spiro atoms. The van der Waals surface area contributed by atoms with Crippen molar-refractivity contribution in [2.75, 3.05) is 6.61 Å². The summed E-state index contributed by atoms with van der Waals surface area (Å²) in [6.07, 6.45) is -0.743. The van der Waals surface area contributed by atoms with Gasteiger partial charge in [0.05, 0.1) is 13.0 Å². The first-order valence-electron chi connectivity index (χ1n) is 9.33. The first-order valence-corrected chi connectivity index (χ1v) is 11.8. The Morgan fingerprint density at radius 3 is 1.90 bits per heavy atom. The zero-order valence-electron chi connectivity index (χ0n) is 16.0. The number of halogens is 1. The van der Waals surface area contributed by atoms with Gasteiger partial charge in [-0.05, 0) is 48.9 Å². The van der Waals surface area contributed by atoms with E-state index in [1.165, 1.54) is 0 Å². The Balaban J connectivity index is 2.04. The van der Waals surface area contributed by atoms with Crippen LogP contribution in [0.3, 0.4) is 0 Å². The van der Waals surface area contributed by atoms with Gasteiger partial charge in [0.2, 0.25) is 0 Å². The maximum Gasteiger partial charge on any atom is 0.308 e. The summed E-state index contributed by atoms with van der Waals surface area (Å²) in [6, 6.07) is 25.6. The molecule has 3 aromatic carbocycles. The first kappa shape index (κ1) is 21.5. The molecule has 0 aliphatic rings. The molecule has 0 aromatic heterocycles. The molecule has 150 valence electrons. The predicted octanol–water partition coefficient (Wildman–Crippen LogP) is 5.39. The van der Waals surface area contributed by atoms with Crippen molar-refractivity contribution in [1.82, 2.24) is 0 Å². The molecule has 0 aliphatic carbocycles. The number of rotatable bonds is 8. The van der Waals surface area contributed by atoms with Gasteiger partial charge in [0, 0.05) is 15.1 Å². The molecule has 29 heavy (non-hydrogen) atoms. The molecule has 0 unspecified atom stereocenters. The van der Waals surface area contributed by atoms with Crippen molar-refractivity contribution in [1.29, 1.82) is 0 Å². The van der Waals surface area contributed by atoms with Crippen LogP contribution >= 0.6 is 23.3 Å². The minimum Gasteiger partial charge on any atom is -0.466 e. The van der Waals surface area contributed by atoms with Crippen LogP contribution in [0.4, 0.5) is 0 Å². The van der Waals surface area contributed by atoms with Gasteiger partial charge in [0.25, 0.3) is 7.37 Å². The van der Waals surface area contributed by atoms with Crippen LogP contribution in [0.5, 0.6) is 0 Å². The summed E-state index contributed by atoms with van der Waals surface area (Å²) in [6.45, 7) is 2.03. The maximum absolute atomic E-state index is 14.2. The molecule has 0 bridgehead atoms. The van der Waals surface area contributed by atoms with E-state index in [-0.39, 0.29) is 13.0 Å². The Hall–Kier alpha value is -2.20. The molecule has 0 saturated carbocycles. The summed E-state index contributed by atoms with van der Waals surface area (Å²) < 4.78 is 26.5. The molecule has 3 rings (SSSR count). The van der Waals surface area contributed by atoms with Crippen LogP contribution in [0.15, 0.2) is 89.4 Å². The van der Waals surface area contributed by atoms with E-state index in [0.29, 0.717) is 10.6 Å². The highest BCUT2D eigenvalue weighted by Crippen LogP contribution is 2.49. The van der Waals surface area contributed by atoms with E-state index < -0.39 is 19.4 Å². The number of ether oxygens (including phenoxy) is 1. The molecule has 0 aliphatic heterocycles. The van der Waals surface area contributed by atoms with Crippen molar-refractivity contribution in [3.05, 3.63) is 95.0 Å². The van der Waals surface area contributed by atoms with E-state index in [4.69, 9.17) is 9.26 Å². The summed E-state index contributed by atoms with van der Waals surface area (Å²) in [5.74, 6) is -0.395. The molecular formula is C23H22BrO4P. The van der Waals surface area contributed by atoms with Crippen LogP contribution in [0.25, 0.3) is 0 Å². The average Bonchev–Trinajstić information content (AvgIpc) is 2.75. The predicted molar refractivity (Wildman–Crippen MR) is 119 cm³/mol. The third-order valence-electron chi connectivity index (χ3n) is 4.37. The van der Waals surface area contributed by atoms with E-state index >= 15 is 0 Å². The highest BCUT2D eigenvalue weighted by Gasteiger charge is 2.33. The number of hydrogen-bond acceptors (Lipinski definition) is 4. The van der Waals surface area contributed by atoms with Crippen molar-refractivity contribution >= 4 is 39.9 Å². The lowest BCUT2D eigenvalue weighted by molar-refractivity contribution is -0.145. The van der Waals surface area contributed by atoms with Crippen LogP contribution in [0, 0.1) is 0 Å². The number of carbonyl (C=O) groups excluding carboxylic acids is 1. The lowest BCUT2D eigenvalue weighted by Gasteiger charge is -2.26. The largest absolute Gasteiger partial charge is 0.466 e. The van der Waals surface area contributed by atoms with Crippen LogP contribution in [0.2, 0.25) is 0 Å². The first-order chi connectivity index (χ1) is 14.0. The smallest absolute Gasteiger partial charge is 0.308 e. The molecule has 0 amide bonds. The number of esters is 1. The second kappa shape index (κ2) is 10.0. The van der Waals surface area contributed by atoms with Crippen molar-refractivity contribution < 1.29 is 18.6 Å². The summed E-state index contributed by atoms with van der Waals surface area (Å²) in [4.78, 5) is 12.3. The van der Waals surface area contributed by atoms with Gasteiger partial charge in [-0.2, -0.15) is 0 Å². The number of carbonyl (C=O) groups is 1. The van der Waals surface area contributed by atoms with Gasteiger partial charge < -0.3 is 9.26 Å². The van der Waals surface area contributed by atoms with E-state index in [2.05, 4.69) is 15.9 Å². The second-order valence-electron chi connectivity index (χ2n) is 6.38. The molecular weight excluding hydrogens is 451 g/mol. The van der Waals surface area contributed by atoms with E-state index in [9.17, 15) is 9.36 Å². The Morgan fingerprint density at radius 1 is 0.897 bits per heavy atom.